The topological polar surface area (TPSA) is 17.1 Å². The average Bonchev–Trinajstić information content (AvgIpc) is 2.30. The van der Waals surface area contributed by atoms with E-state index in [1.54, 1.807) is 0 Å². The highest BCUT2D eigenvalue weighted by Gasteiger charge is 2.32. The van der Waals surface area contributed by atoms with Crippen molar-refractivity contribution in [3.05, 3.63) is 12.2 Å². The predicted molar refractivity (Wildman–Crippen MR) is 46.3 cm³/mol. The van der Waals surface area contributed by atoms with E-state index in [1.165, 1.54) is 12.0 Å². The quantitative estimate of drug-likeness (QED) is 0.438. The lowest BCUT2D eigenvalue weighted by atomic mass is 9.88. The molecule has 0 spiro atoms. The number of rotatable bonds is 2. The second-order valence-corrected chi connectivity index (χ2v) is 3.72. The van der Waals surface area contributed by atoms with Crippen LogP contribution in [0.5, 0.6) is 0 Å². The molecule has 0 aromatic rings. The van der Waals surface area contributed by atoms with Gasteiger partial charge in [0, 0.05) is 5.92 Å². The van der Waals surface area contributed by atoms with Gasteiger partial charge in [0.25, 0.3) is 0 Å². The summed E-state index contributed by atoms with van der Waals surface area (Å²) in [7, 11) is 0. The summed E-state index contributed by atoms with van der Waals surface area (Å²) in [5, 5.41) is 0. The van der Waals surface area contributed by atoms with Crippen LogP contribution < -0.4 is 0 Å². The molecule has 0 saturated heterocycles. The van der Waals surface area contributed by atoms with Gasteiger partial charge in [0.2, 0.25) is 0 Å². The lowest BCUT2D eigenvalue weighted by Crippen LogP contribution is -2.14. The maximum atomic E-state index is 10.7. The number of carbonyl (C=O) groups is 1. The third-order valence-electron chi connectivity index (χ3n) is 2.84. The van der Waals surface area contributed by atoms with Gasteiger partial charge in [-0.05, 0) is 31.6 Å². The second kappa shape index (κ2) is 3.21. The Labute approximate surface area is 68.5 Å². The van der Waals surface area contributed by atoms with Gasteiger partial charge < -0.3 is 4.79 Å². The number of allylic oxidation sites excluding steroid dienone is 1. The molecule has 0 aromatic carbocycles. The molecule has 62 valence electrons. The molecule has 1 nitrogen and oxygen atoms in total. The lowest BCUT2D eigenvalue weighted by molar-refractivity contribution is -0.112. The molecule has 0 heterocycles. The standard InChI is InChI=1S/C10H16O/c1-7(2)9-5-4-8(3)10(9)6-11/h6,8-10H,1,4-5H2,2-3H3/t8-,9+,10-/m1/s1. The molecule has 1 rings (SSSR count). The van der Waals surface area contributed by atoms with Crippen molar-refractivity contribution in [3.8, 4) is 0 Å². The molecule has 0 amide bonds. The Hall–Kier alpha value is -0.590. The van der Waals surface area contributed by atoms with Crippen molar-refractivity contribution in [1.29, 1.82) is 0 Å². The summed E-state index contributed by atoms with van der Waals surface area (Å²) in [4.78, 5) is 10.7. The summed E-state index contributed by atoms with van der Waals surface area (Å²) in [6.45, 7) is 8.09. The van der Waals surface area contributed by atoms with Gasteiger partial charge in [-0.3, -0.25) is 0 Å². The van der Waals surface area contributed by atoms with E-state index in [2.05, 4.69) is 13.5 Å². The zero-order valence-electron chi connectivity index (χ0n) is 7.34. The van der Waals surface area contributed by atoms with E-state index in [0.717, 1.165) is 12.7 Å². The lowest BCUT2D eigenvalue weighted by Gasteiger charge is -2.16. The zero-order chi connectivity index (χ0) is 8.43. The summed E-state index contributed by atoms with van der Waals surface area (Å²) in [5.41, 5.74) is 1.17. The van der Waals surface area contributed by atoms with Crippen molar-refractivity contribution in [2.45, 2.75) is 26.7 Å². The molecule has 0 radical (unpaired) electrons. The van der Waals surface area contributed by atoms with Crippen LogP contribution in [0.2, 0.25) is 0 Å². The van der Waals surface area contributed by atoms with Crippen molar-refractivity contribution in [2.75, 3.05) is 0 Å². The molecule has 0 bridgehead atoms. The van der Waals surface area contributed by atoms with Gasteiger partial charge in [-0.25, -0.2) is 0 Å². The first-order chi connectivity index (χ1) is 5.16. The van der Waals surface area contributed by atoms with E-state index in [1.807, 2.05) is 6.92 Å². The van der Waals surface area contributed by atoms with Crippen molar-refractivity contribution in [2.24, 2.45) is 17.8 Å². The summed E-state index contributed by atoms with van der Waals surface area (Å²) in [5.74, 6) is 1.27. The fourth-order valence-electron chi connectivity index (χ4n) is 2.03. The van der Waals surface area contributed by atoms with Crippen LogP contribution in [0.3, 0.4) is 0 Å². The van der Waals surface area contributed by atoms with Gasteiger partial charge in [0.05, 0.1) is 0 Å². The van der Waals surface area contributed by atoms with Gasteiger partial charge in [-0.15, -0.1) is 0 Å². The Morgan fingerprint density at radius 3 is 2.55 bits per heavy atom. The first-order valence-corrected chi connectivity index (χ1v) is 4.27. The van der Waals surface area contributed by atoms with Crippen molar-refractivity contribution < 1.29 is 4.79 Å². The minimum atomic E-state index is 0.243. The summed E-state index contributed by atoms with van der Waals surface area (Å²) in [6, 6.07) is 0. The fraction of sp³-hybridized carbons (Fsp3) is 0.700. The molecule has 1 fully saturated rings. The largest absolute Gasteiger partial charge is 0.303 e. The zero-order valence-corrected chi connectivity index (χ0v) is 7.34. The van der Waals surface area contributed by atoms with Crippen LogP contribution in [0.15, 0.2) is 12.2 Å². The highest BCUT2D eigenvalue weighted by atomic mass is 16.1. The fourth-order valence-corrected chi connectivity index (χ4v) is 2.03. The van der Waals surface area contributed by atoms with Crippen LogP contribution in [-0.4, -0.2) is 6.29 Å². The third-order valence-corrected chi connectivity index (χ3v) is 2.84. The van der Waals surface area contributed by atoms with Crippen LogP contribution in [0.1, 0.15) is 26.7 Å². The predicted octanol–water partition coefficient (Wildman–Crippen LogP) is 2.42. The first-order valence-electron chi connectivity index (χ1n) is 4.27. The number of hydrogen-bond donors (Lipinski definition) is 0. The molecular weight excluding hydrogens is 136 g/mol. The minimum absolute atomic E-state index is 0.243. The summed E-state index contributed by atoms with van der Waals surface area (Å²) >= 11 is 0. The smallest absolute Gasteiger partial charge is 0.123 e. The van der Waals surface area contributed by atoms with E-state index in [9.17, 15) is 4.79 Å². The Kier molecular flexibility index (Phi) is 2.48. The van der Waals surface area contributed by atoms with Crippen molar-refractivity contribution >= 4 is 6.29 Å². The average molecular weight is 152 g/mol. The Morgan fingerprint density at radius 2 is 2.18 bits per heavy atom. The number of carbonyl (C=O) groups excluding carboxylic acids is 1. The molecule has 11 heavy (non-hydrogen) atoms. The second-order valence-electron chi connectivity index (χ2n) is 3.72. The normalized spacial score (nSPS) is 37.1. The molecule has 1 aliphatic carbocycles. The van der Waals surface area contributed by atoms with E-state index in [4.69, 9.17) is 0 Å². The highest BCUT2D eigenvalue weighted by Crippen LogP contribution is 2.38. The van der Waals surface area contributed by atoms with E-state index >= 15 is 0 Å². The van der Waals surface area contributed by atoms with Crippen molar-refractivity contribution in [1.82, 2.24) is 0 Å². The van der Waals surface area contributed by atoms with E-state index in [0.29, 0.717) is 11.8 Å². The Bertz CT molecular complexity index is 172. The van der Waals surface area contributed by atoms with Gasteiger partial charge in [-0.1, -0.05) is 19.1 Å². The summed E-state index contributed by atoms with van der Waals surface area (Å²) < 4.78 is 0. The molecule has 0 N–H and O–H groups in total. The molecule has 0 unspecified atom stereocenters. The SMILES string of the molecule is C=C(C)[C@@H]1CC[C@@H](C)[C@H]1C=O. The first kappa shape index (κ1) is 8.51. The maximum absolute atomic E-state index is 10.7. The summed E-state index contributed by atoms with van der Waals surface area (Å²) in [6.07, 6.45) is 3.44. The van der Waals surface area contributed by atoms with Gasteiger partial charge >= 0.3 is 0 Å². The highest BCUT2D eigenvalue weighted by molar-refractivity contribution is 5.56. The molecule has 1 heteroatoms. The molecule has 0 aliphatic heterocycles. The molecule has 0 aromatic heterocycles. The molecule has 1 saturated carbocycles. The van der Waals surface area contributed by atoms with Crippen molar-refractivity contribution in [3.63, 3.8) is 0 Å². The number of aldehydes is 1. The van der Waals surface area contributed by atoms with Gasteiger partial charge in [-0.2, -0.15) is 0 Å². The monoisotopic (exact) mass is 152 g/mol. The van der Waals surface area contributed by atoms with Gasteiger partial charge in [0.1, 0.15) is 6.29 Å². The molecule has 1 aliphatic rings. The molecule has 3 atom stereocenters. The van der Waals surface area contributed by atoms with E-state index in [-0.39, 0.29) is 5.92 Å². The van der Waals surface area contributed by atoms with Crippen LogP contribution in [0.4, 0.5) is 0 Å². The van der Waals surface area contributed by atoms with Crippen LogP contribution in [-0.2, 0) is 4.79 Å². The van der Waals surface area contributed by atoms with Gasteiger partial charge in [0.15, 0.2) is 0 Å². The number of hydrogen-bond acceptors (Lipinski definition) is 1. The van der Waals surface area contributed by atoms with Crippen LogP contribution >= 0.6 is 0 Å². The van der Waals surface area contributed by atoms with Crippen LogP contribution in [0, 0.1) is 17.8 Å². The third kappa shape index (κ3) is 1.52. The minimum Gasteiger partial charge on any atom is -0.303 e. The Morgan fingerprint density at radius 1 is 1.55 bits per heavy atom. The Balaban J connectivity index is 2.68. The molecular formula is C10H16O. The maximum Gasteiger partial charge on any atom is 0.123 e. The van der Waals surface area contributed by atoms with E-state index < -0.39 is 0 Å². The van der Waals surface area contributed by atoms with Crippen LogP contribution in [0.25, 0.3) is 0 Å².